The molecule has 1 aliphatic rings. The van der Waals surface area contributed by atoms with Gasteiger partial charge in [-0.05, 0) is 32.2 Å². The van der Waals surface area contributed by atoms with E-state index in [-0.39, 0.29) is 0 Å². The first-order valence-electron chi connectivity index (χ1n) is 7.67. The molecule has 0 spiro atoms. The van der Waals surface area contributed by atoms with Gasteiger partial charge in [0.1, 0.15) is 0 Å². The molecule has 1 N–H and O–H groups in total. The molecule has 2 heteroatoms. The highest BCUT2D eigenvalue weighted by molar-refractivity contribution is 4.74. The second-order valence-electron chi connectivity index (χ2n) is 5.45. The molecule has 2 atom stereocenters. The average molecular weight is 241 g/mol. The Labute approximate surface area is 108 Å². The minimum Gasteiger partial charge on any atom is -0.378 e. The molecule has 2 nitrogen and oxygen atoms in total. The lowest BCUT2D eigenvalue weighted by molar-refractivity contribution is 0.105. The van der Waals surface area contributed by atoms with Gasteiger partial charge in [-0.2, -0.15) is 0 Å². The van der Waals surface area contributed by atoms with E-state index < -0.39 is 0 Å². The fourth-order valence-corrected chi connectivity index (χ4v) is 2.54. The number of hydrogen-bond acceptors (Lipinski definition) is 2. The number of nitrogens with one attached hydrogen (secondary N) is 1. The Kier molecular flexibility index (Phi) is 8.72. The van der Waals surface area contributed by atoms with E-state index in [1.807, 2.05) is 0 Å². The number of rotatable bonds is 10. The van der Waals surface area contributed by atoms with Gasteiger partial charge in [0.15, 0.2) is 0 Å². The lowest BCUT2D eigenvalue weighted by atomic mass is 10.0. The van der Waals surface area contributed by atoms with E-state index in [2.05, 4.69) is 19.2 Å². The lowest BCUT2D eigenvalue weighted by Crippen LogP contribution is -2.27. The van der Waals surface area contributed by atoms with Gasteiger partial charge in [-0.3, -0.25) is 0 Å². The molecular formula is C15H31NO. The second kappa shape index (κ2) is 9.90. The summed E-state index contributed by atoms with van der Waals surface area (Å²) in [5.41, 5.74) is 0. The summed E-state index contributed by atoms with van der Waals surface area (Å²) in [6, 6.07) is 0. The van der Waals surface area contributed by atoms with Crippen LogP contribution in [0.15, 0.2) is 0 Å². The maximum atomic E-state index is 5.56. The monoisotopic (exact) mass is 241 g/mol. The van der Waals surface area contributed by atoms with Gasteiger partial charge in [0, 0.05) is 13.2 Å². The van der Waals surface area contributed by atoms with Gasteiger partial charge in [0.2, 0.25) is 0 Å². The van der Waals surface area contributed by atoms with Crippen molar-refractivity contribution >= 4 is 0 Å². The first-order valence-corrected chi connectivity index (χ1v) is 7.67. The zero-order chi connectivity index (χ0) is 12.3. The highest BCUT2D eigenvalue weighted by atomic mass is 16.5. The molecule has 2 unspecified atom stereocenters. The van der Waals surface area contributed by atoms with Crippen LogP contribution in [0.4, 0.5) is 0 Å². The van der Waals surface area contributed by atoms with E-state index in [1.165, 1.54) is 57.9 Å². The van der Waals surface area contributed by atoms with Crippen LogP contribution in [0.5, 0.6) is 0 Å². The zero-order valence-corrected chi connectivity index (χ0v) is 11.8. The molecule has 0 aromatic heterocycles. The molecule has 0 saturated carbocycles. The Morgan fingerprint density at radius 1 is 1.06 bits per heavy atom. The van der Waals surface area contributed by atoms with Crippen LogP contribution in [0.3, 0.4) is 0 Å². The van der Waals surface area contributed by atoms with Crippen molar-refractivity contribution in [3.8, 4) is 0 Å². The molecule has 1 saturated heterocycles. The van der Waals surface area contributed by atoms with Gasteiger partial charge in [0.05, 0.1) is 6.10 Å². The van der Waals surface area contributed by atoms with Gasteiger partial charge < -0.3 is 10.1 Å². The van der Waals surface area contributed by atoms with E-state index >= 15 is 0 Å². The quantitative estimate of drug-likeness (QED) is 0.588. The summed E-state index contributed by atoms with van der Waals surface area (Å²) < 4.78 is 5.56. The molecular weight excluding hydrogens is 210 g/mol. The third-order valence-corrected chi connectivity index (χ3v) is 3.90. The summed E-state index contributed by atoms with van der Waals surface area (Å²) in [5.74, 6) is 0.750. The Morgan fingerprint density at radius 2 is 1.76 bits per heavy atom. The van der Waals surface area contributed by atoms with Crippen LogP contribution in [0.1, 0.15) is 65.2 Å². The molecule has 0 radical (unpaired) electrons. The third-order valence-electron chi connectivity index (χ3n) is 3.90. The molecule has 0 aromatic carbocycles. The summed E-state index contributed by atoms with van der Waals surface area (Å²) in [5, 5.41) is 3.58. The summed E-state index contributed by atoms with van der Waals surface area (Å²) in [6.07, 6.45) is 11.5. The fourth-order valence-electron chi connectivity index (χ4n) is 2.54. The lowest BCUT2D eigenvalue weighted by Gasteiger charge is -2.14. The van der Waals surface area contributed by atoms with E-state index in [4.69, 9.17) is 4.74 Å². The first-order chi connectivity index (χ1) is 8.34. The molecule has 1 rings (SSSR count). The molecule has 1 aliphatic heterocycles. The standard InChI is InChI=1S/C15H31NO/c1-3-4-5-6-7-8-9-11-16-13-15-10-12-17-14(15)2/h14-16H,3-13H2,1-2H3. The second-order valence-corrected chi connectivity index (χ2v) is 5.45. The van der Waals surface area contributed by atoms with Gasteiger partial charge >= 0.3 is 0 Å². The Bertz CT molecular complexity index is 172. The maximum Gasteiger partial charge on any atom is 0.0588 e. The van der Waals surface area contributed by atoms with Crippen molar-refractivity contribution in [2.24, 2.45) is 5.92 Å². The van der Waals surface area contributed by atoms with E-state index in [9.17, 15) is 0 Å². The SMILES string of the molecule is CCCCCCCCCNCC1CCOC1C. The smallest absolute Gasteiger partial charge is 0.0588 e. The summed E-state index contributed by atoms with van der Waals surface area (Å²) >= 11 is 0. The topological polar surface area (TPSA) is 21.3 Å². The largest absolute Gasteiger partial charge is 0.378 e. The van der Waals surface area contributed by atoms with E-state index in [0.29, 0.717) is 6.10 Å². The minimum atomic E-state index is 0.469. The van der Waals surface area contributed by atoms with Crippen LogP contribution in [0, 0.1) is 5.92 Å². The number of hydrogen-bond donors (Lipinski definition) is 1. The molecule has 1 fully saturated rings. The van der Waals surface area contributed by atoms with Gasteiger partial charge in [-0.1, -0.05) is 45.4 Å². The van der Waals surface area contributed by atoms with Crippen molar-refractivity contribution < 1.29 is 4.74 Å². The van der Waals surface area contributed by atoms with E-state index in [1.54, 1.807) is 0 Å². The van der Waals surface area contributed by atoms with Crippen LogP contribution in [-0.2, 0) is 4.74 Å². The maximum absolute atomic E-state index is 5.56. The Hall–Kier alpha value is -0.0800. The van der Waals surface area contributed by atoms with Crippen molar-refractivity contribution in [2.45, 2.75) is 71.3 Å². The third kappa shape index (κ3) is 7.05. The molecule has 102 valence electrons. The van der Waals surface area contributed by atoms with Crippen molar-refractivity contribution in [1.82, 2.24) is 5.32 Å². The molecule has 0 bridgehead atoms. The number of unbranched alkanes of at least 4 members (excludes halogenated alkanes) is 6. The summed E-state index contributed by atoms with van der Waals surface area (Å²) in [7, 11) is 0. The highest BCUT2D eigenvalue weighted by Crippen LogP contribution is 2.19. The van der Waals surface area contributed by atoms with Crippen LogP contribution in [0.25, 0.3) is 0 Å². The molecule has 0 aliphatic carbocycles. The van der Waals surface area contributed by atoms with Crippen LogP contribution >= 0.6 is 0 Å². The predicted octanol–water partition coefficient (Wildman–Crippen LogP) is 3.75. The highest BCUT2D eigenvalue weighted by Gasteiger charge is 2.23. The molecule has 0 amide bonds. The van der Waals surface area contributed by atoms with Crippen molar-refractivity contribution in [1.29, 1.82) is 0 Å². The fraction of sp³-hybridized carbons (Fsp3) is 1.00. The minimum absolute atomic E-state index is 0.469. The van der Waals surface area contributed by atoms with Crippen molar-refractivity contribution in [3.05, 3.63) is 0 Å². The average Bonchev–Trinajstić information content (AvgIpc) is 2.73. The summed E-state index contributed by atoms with van der Waals surface area (Å²) in [4.78, 5) is 0. The molecule has 1 heterocycles. The predicted molar refractivity (Wildman–Crippen MR) is 74.4 cm³/mol. The number of ether oxygens (including phenoxy) is 1. The van der Waals surface area contributed by atoms with Crippen LogP contribution in [-0.4, -0.2) is 25.8 Å². The van der Waals surface area contributed by atoms with Gasteiger partial charge in [0.25, 0.3) is 0 Å². The van der Waals surface area contributed by atoms with E-state index in [0.717, 1.165) is 19.1 Å². The Balaban J connectivity index is 1.78. The van der Waals surface area contributed by atoms with Crippen LogP contribution in [0.2, 0.25) is 0 Å². The molecule has 0 aromatic rings. The van der Waals surface area contributed by atoms with Gasteiger partial charge in [-0.15, -0.1) is 0 Å². The van der Waals surface area contributed by atoms with Gasteiger partial charge in [-0.25, -0.2) is 0 Å². The Morgan fingerprint density at radius 3 is 2.41 bits per heavy atom. The summed E-state index contributed by atoms with van der Waals surface area (Å²) in [6.45, 7) is 7.78. The first kappa shape index (κ1) is 15.0. The molecule has 17 heavy (non-hydrogen) atoms. The van der Waals surface area contributed by atoms with Crippen molar-refractivity contribution in [2.75, 3.05) is 19.7 Å². The normalized spacial score (nSPS) is 24.4. The zero-order valence-electron chi connectivity index (χ0n) is 11.8. The van der Waals surface area contributed by atoms with Crippen LogP contribution < -0.4 is 5.32 Å². The van der Waals surface area contributed by atoms with Crippen molar-refractivity contribution in [3.63, 3.8) is 0 Å².